The molecule has 2 N–H and O–H groups in total. The number of hydrogen-bond donors (Lipinski definition) is 2. The summed E-state index contributed by atoms with van der Waals surface area (Å²) in [7, 11) is 1.78. The highest BCUT2D eigenvalue weighted by molar-refractivity contribution is 9.10. The highest BCUT2D eigenvalue weighted by Crippen LogP contribution is 2.20. The second kappa shape index (κ2) is 5.84. The summed E-state index contributed by atoms with van der Waals surface area (Å²) in [5.41, 5.74) is 2.37. The summed E-state index contributed by atoms with van der Waals surface area (Å²) in [4.78, 5) is 16.1. The van der Waals surface area contributed by atoms with Gasteiger partial charge < -0.3 is 10.6 Å². The summed E-state index contributed by atoms with van der Waals surface area (Å²) in [5.74, 6) is 0.563. The summed E-state index contributed by atoms with van der Waals surface area (Å²) in [6.45, 7) is 1.98. The van der Waals surface area contributed by atoms with Crippen molar-refractivity contribution in [1.29, 1.82) is 0 Å². The molecule has 0 radical (unpaired) electrons. The van der Waals surface area contributed by atoms with E-state index in [1.807, 2.05) is 25.1 Å². The Morgan fingerprint density at radius 1 is 1.26 bits per heavy atom. The van der Waals surface area contributed by atoms with Gasteiger partial charge in [0.25, 0.3) is 5.91 Å². The van der Waals surface area contributed by atoms with Crippen molar-refractivity contribution in [2.45, 2.75) is 6.92 Å². The number of hydrogen-bond acceptors (Lipinski definition) is 3. The molecule has 1 heterocycles. The molecule has 1 aromatic heterocycles. The zero-order chi connectivity index (χ0) is 13.8. The Hall–Kier alpha value is -1.88. The summed E-state index contributed by atoms with van der Waals surface area (Å²) in [6.07, 6.45) is 1.55. The van der Waals surface area contributed by atoms with E-state index in [2.05, 4.69) is 31.5 Å². The number of halogens is 1. The number of carbonyl (C=O) groups excluding carboxylic acids is 1. The van der Waals surface area contributed by atoms with Crippen LogP contribution in [0.4, 0.5) is 11.5 Å². The summed E-state index contributed by atoms with van der Waals surface area (Å²) >= 11 is 3.43. The first-order valence-electron chi connectivity index (χ1n) is 5.81. The molecule has 4 nitrogen and oxygen atoms in total. The van der Waals surface area contributed by atoms with Crippen molar-refractivity contribution in [2.24, 2.45) is 0 Å². The fraction of sp³-hybridized carbons (Fsp3) is 0.143. The minimum atomic E-state index is -0.170. The van der Waals surface area contributed by atoms with Crippen LogP contribution in [0.3, 0.4) is 0 Å². The van der Waals surface area contributed by atoms with Crippen LogP contribution in [-0.4, -0.2) is 17.9 Å². The van der Waals surface area contributed by atoms with Gasteiger partial charge in [0.15, 0.2) is 0 Å². The van der Waals surface area contributed by atoms with E-state index in [1.54, 1.807) is 25.4 Å². The van der Waals surface area contributed by atoms with Crippen molar-refractivity contribution in [3.63, 3.8) is 0 Å². The Labute approximate surface area is 120 Å². The Morgan fingerprint density at radius 3 is 2.63 bits per heavy atom. The molecule has 0 aliphatic heterocycles. The molecule has 0 saturated carbocycles. The average Bonchev–Trinajstić information content (AvgIpc) is 2.43. The maximum absolute atomic E-state index is 12.0. The molecule has 1 aromatic carbocycles. The van der Waals surface area contributed by atoms with E-state index < -0.39 is 0 Å². The van der Waals surface area contributed by atoms with Crippen molar-refractivity contribution < 1.29 is 4.79 Å². The lowest BCUT2D eigenvalue weighted by molar-refractivity contribution is 0.102. The average molecular weight is 320 g/mol. The van der Waals surface area contributed by atoms with Gasteiger partial charge in [-0.3, -0.25) is 4.79 Å². The largest absolute Gasteiger partial charge is 0.373 e. The number of nitrogens with zero attached hydrogens (tertiary/aromatic N) is 1. The van der Waals surface area contributed by atoms with E-state index in [0.717, 1.165) is 21.5 Å². The predicted octanol–water partition coefficient (Wildman–Crippen LogP) is 3.45. The molecule has 2 aromatic rings. The van der Waals surface area contributed by atoms with Gasteiger partial charge in [-0.15, -0.1) is 0 Å². The molecule has 0 atom stereocenters. The Morgan fingerprint density at radius 2 is 2.05 bits per heavy atom. The molecule has 0 unspecified atom stereocenters. The SMILES string of the molecule is CNc1ccc(C(=O)Nc2ccc(Br)c(C)c2)cn1. The van der Waals surface area contributed by atoms with Gasteiger partial charge in [0.2, 0.25) is 0 Å². The molecule has 19 heavy (non-hydrogen) atoms. The monoisotopic (exact) mass is 319 g/mol. The third-order valence-corrected chi connectivity index (χ3v) is 3.59. The Bertz CT molecular complexity index is 596. The summed E-state index contributed by atoms with van der Waals surface area (Å²) in [5, 5.41) is 5.75. The molecule has 0 saturated heterocycles. The molecule has 0 aliphatic rings. The number of amides is 1. The molecular formula is C14H14BrN3O. The quantitative estimate of drug-likeness (QED) is 0.911. The van der Waals surface area contributed by atoms with Crippen molar-refractivity contribution in [2.75, 3.05) is 17.7 Å². The third kappa shape index (κ3) is 3.32. The van der Waals surface area contributed by atoms with Gasteiger partial charge in [0.05, 0.1) is 5.56 Å². The highest BCUT2D eigenvalue weighted by atomic mass is 79.9. The van der Waals surface area contributed by atoms with Gasteiger partial charge in [-0.25, -0.2) is 4.98 Å². The number of carbonyl (C=O) groups is 1. The molecular weight excluding hydrogens is 306 g/mol. The summed E-state index contributed by atoms with van der Waals surface area (Å²) < 4.78 is 1.02. The minimum Gasteiger partial charge on any atom is -0.373 e. The van der Waals surface area contributed by atoms with Crippen LogP contribution in [0.15, 0.2) is 41.0 Å². The first-order chi connectivity index (χ1) is 9.10. The number of pyridine rings is 1. The zero-order valence-electron chi connectivity index (χ0n) is 10.7. The van der Waals surface area contributed by atoms with Crippen LogP contribution >= 0.6 is 15.9 Å². The van der Waals surface area contributed by atoms with E-state index in [4.69, 9.17) is 0 Å². The fourth-order valence-corrected chi connectivity index (χ4v) is 1.85. The van der Waals surface area contributed by atoms with Gasteiger partial charge in [0.1, 0.15) is 5.82 Å². The topological polar surface area (TPSA) is 54.0 Å². The van der Waals surface area contributed by atoms with Crippen molar-refractivity contribution in [3.8, 4) is 0 Å². The molecule has 5 heteroatoms. The standard InChI is InChI=1S/C14H14BrN3O/c1-9-7-11(4-5-12(9)15)18-14(19)10-3-6-13(16-2)17-8-10/h3-8H,1-2H3,(H,16,17)(H,18,19). The van der Waals surface area contributed by atoms with Gasteiger partial charge >= 0.3 is 0 Å². The third-order valence-electron chi connectivity index (χ3n) is 2.70. The fourth-order valence-electron chi connectivity index (χ4n) is 1.60. The molecule has 0 fully saturated rings. The molecule has 98 valence electrons. The van der Waals surface area contributed by atoms with Crippen LogP contribution in [0.25, 0.3) is 0 Å². The Balaban J connectivity index is 2.13. The Kier molecular flexibility index (Phi) is 4.16. The number of rotatable bonds is 3. The van der Waals surface area contributed by atoms with Crippen LogP contribution in [0, 0.1) is 6.92 Å². The molecule has 1 amide bonds. The molecule has 2 rings (SSSR count). The number of anilines is 2. The van der Waals surface area contributed by atoms with Crippen molar-refractivity contribution in [1.82, 2.24) is 4.98 Å². The van der Waals surface area contributed by atoms with Crippen LogP contribution in [0.2, 0.25) is 0 Å². The maximum Gasteiger partial charge on any atom is 0.257 e. The second-order valence-corrected chi connectivity index (χ2v) is 4.95. The zero-order valence-corrected chi connectivity index (χ0v) is 12.3. The number of nitrogens with one attached hydrogen (secondary N) is 2. The second-order valence-electron chi connectivity index (χ2n) is 4.10. The highest BCUT2D eigenvalue weighted by Gasteiger charge is 2.07. The van der Waals surface area contributed by atoms with Gasteiger partial charge in [0, 0.05) is 23.4 Å². The van der Waals surface area contributed by atoms with Crippen molar-refractivity contribution >= 4 is 33.3 Å². The first kappa shape index (κ1) is 13.5. The number of aryl methyl sites for hydroxylation is 1. The smallest absolute Gasteiger partial charge is 0.257 e. The molecule has 0 bridgehead atoms. The van der Waals surface area contributed by atoms with E-state index >= 15 is 0 Å². The first-order valence-corrected chi connectivity index (χ1v) is 6.61. The van der Waals surface area contributed by atoms with Gasteiger partial charge in [-0.1, -0.05) is 15.9 Å². The number of aromatic nitrogens is 1. The van der Waals surface area contributed by atoms with E-state index in [0.29, 0.717) is 5.56 Å². The number of benzene rings is 1. The normalized spacial score (nSPS) is 10.1. The van der Waals surface area contributed by atoms with Crippen LogP contribution in [-0.2, 0) is 0 Å². The predicted molar refractivity (Wildman–Crippen MR) is 80.6 cm³/mol. The van der Waals surface area contributed by atoms with Crippen molar-refractivity contribution in [3.05, 3.63) is 52.1 Å². The molecule has 0 aliphatic carbocycles. The lowest BCUT2D eigenvalue weighted by Crippen LogP contribution is -2.12. The van der Waals surface area contributed by atoms with Gasteiger partial charge in [-0.2, -0.15) is 0 Å². The van der Waals surface area contributed by atoms with E-state index in [9.17, 15) is 4.79 Å². The minimum absolute atomic E-state index is 0.170. The van der Waals surface area contributed by atoms with Crippen LogP contribution < -0.4 is 10.6 Å². The maximum atomic E-state index is 12.0. The lowest BCUT2D eigenvalue weighted by atomic mass is 10.2. The molecule has 0 spiro atoms. The lowest BCUT2D eigenvalue weighted by Gasteiger charge is -2.07. The van der Waals surface area contributed by atoms with Gasteiger partial charge in [-0.05, 0) is 42.8 Å². The summed E-state index contributed by atoms with van der Waals surface area (Å²) in [6, 6.07) is 9.18. The van der Waals surface area contributed by atoms with E-state index in [-0.39, 0.29) is 5.91 Å². The van der Waals surface area contributed by atoms with Crippen LogP contribution in [0.5, 0.6) is 0 Å². The van der Waals surface area contributed by atoms with E-state index in [1.165, 1.54) is 0 Å². The van der Waals surface area contributed by atoms with Crippen LogP contribution in [0.1, 0.15) is 15.9 Å².